The van der Waals surface area contributed by atoms with Crippen LogP contribution in [0.2, 0.25) is 0 Å². The van der Waals surface area contributed by atoms with E-state index in [0.29, 0.717) is 0 Å². The molecule has 0 spiro atoms. The topological polar surface area (TPSA) is 163 Å². The van der Waals surface area contributed by atoms with Gasteiger partial charge in [-0.2, -0.15) is 0 Å². The summed E-state index contributed by atoms with van der Waals surface area (Å²) >= 11 is 0. The zero-order chi connectivity index (χ0) is 17.0. The lowest BCUT2D eigenvalue weighted by molar-refractivity contribution is 0.348. The van der Waals surface area contributed by atoms with Gasteiger partial charge < -0.3 is 15.3 Å². The predicted molar refractivity (Wildman–Crippen MR) is 70.6 cm³/mol. The van der Waals surface area contributed by atoms with Crippen molar-refractivity contribution < 1.29 is 40.6 Å². The van der Waals surface area contributed by atoms with E-state index < -0.39 is 59.1 Å². The third-order valence-electron chi connectivity index (χ3n) is 2.02. The highest BCUT2D eigenvalue weighted by molar-refractivity contribution is 8.17. The highest BCUT2D eigenvalue weighted by Gasteiger charge is 2.40. The Morgan fingerprint density at radius 1 is 0.524 bits per heavy atom. The van der Waals surface area contributed by atoms with Crippen molar-refractivity contribution in [1.82, 2.24) is 0 Å². The van der Waals surface area contributed by atoms with Gasteiger partial charge >= 0.3 is 0 Å². The average molecular weight is 422 g/mol. The molecule has 120 valence electrons. The van der Waals surface area contributed by atoms with Crippen LogP contribution in [0, 0.1) is 0 Å². The molecule has 21 heavy (non-hydrogen) atoms. The lowest BCUT2D eigenvalue weighted by Crippen LogP contribution is -2.09. The summed E-state index contributed by atoms with van der Waals surface area (Å²) in [5.41, 5.74) is 0. The minimum Gasteiger partial charge on any atom is -0.503 e. The predicted octanol–water partition coefficient (Wildman–Crippen LogP) is 0.586. The maximum Gasteiger partial charge on any atom is 0.266 e. The highest BCUT2D eigenvalue weighted by atomic mass is 35.7. The summed E-state index contributed by atoms with van der Waals surface area (Å²) in [6.07, 6.45) is 0. The van der Waals surface area contributed by atoms with Crippen LogP contribution >= 0.6 is 32.0 Å². The molecule has 0 aliphatic rings. The molecule has 0 radical (unpaired) electrons. The molecule has 0 aliphatic heterocycles. The molecule has 1 aromatic rings. The summed E-state index contributed by atoms with van der Waals surface area (Å²) in [6.45, 7) is 0. The molecule has 0 aliphatic carbocycles. The maximum atomic E-state index is 11.4. The Labute approximate surface area is 131 Å². The fourth-order valence-electron chi connectivity index (χ4n) is 1.32. The summed E-state index contributed by atoms with van der Waals surface area (Å²) in [7, 11) is -0.729. The molecule has 0 bridgehead atoms. The van der Waals surface area contributed by atoms with Crippen molar-refractivity contribution in [2.24, 2.45) is 0 Å². The average Bonchev–Trinajstić information content (AvgIpc) is 2.19. The summed E-state index contributed by atoms with van der Waals surface area (Å²) in [6, 6.07) is 0. The second-order valence-corrected chi connectivity index (χ2v) is 10.9. The first kappa shape index (κ1) is 18.4. The zero-order valence-electron chi connectivity index (χ0n) is 9.15. The van der Waals surface area contributed by atoms with Crippen molar-refractivity contribution in [3.63, 3.8) is 0 Å². The maximum absolute atomic E-state index is 11.4. The molecule has 0 fully saturated rings. The number of phenolic OH excluding ortho intramolecular Hbond substituents is 3. The molecule has 9 nitrogen and oxygen atoms in total. The van der Waals surface area contributed by atoms with Crippen LogP contribution in [-0.2, 0) is 27.2 Å². The van der Waals surface area contributed by atoms with Crippen molar-refractivity contribution in [3.8, 4) is 17.2 Å². The van der Waals surface area contributed by atoms with Gasteiger partial charge in [0, 0.05) is 32.0 Å². The molecule has 0 unspecified atom stereocenters. The fraction of sp³-hybridized carbons (Fsp3) is 0. The molecule has 0 aromatic heterocycles. The van der Waals surface area contributed by atoms with Crippen LogP contribution in [0.25, 0.3) is 0 Å². The molecule has 0 saturated heterocycles. The lowest BCUT2D eigenvalue weighted by Gasteiger charge is -2.13. The van der Waals surface area contributed by atoms with Crippen LogP contribution in [-0.4, -0.2) is 40.6 Å². The summed E-state index contributed by atoms with van der Waals surface area (Å²) in [5.74, 6) is -5.10. The third kappa shape index (κ3) is 3.40. The molecular weight excluding hydrogens is 419 g/mol. The van der Waals surface area contributed by atoms with Crippen LogP contribution in [0.4, 0.5) is 0 Å². The van der Waals surface area contributed by atoms with Crippen LogP contribution < -0.4 is 0 Å². The van der Waals surface area contributed by atoms with E-state index in [4.69, 9.17) is 32.0 Å². The lowest BCUT2D eigenvalue weighted by atomic mass is 10.3. The monoisotopic (exact) mass is 420 g/mol. The van der Waals surface area contributed by atoms with E-state index in [1.165, 1.54) is 0 Å². The minimum absolute atomic E-state index is 1.67. The molecule has 1 rings (SSSR count). The molecule has 1 aromatic carbocycles. The first-order chi connectivity index (χ1) is 9.10. The van der Waals surface area contributed by atoms with Crippen molar-refractivity contribution in [2.45, 2.75) is 14.7 Å². The number of phenols is 3. The Bertz CT molecular complexity index is 870. The Kier molecular flexibility index (Phi) is 4.56. The number of hydrogen-bond donors (Lipinski definition) is 3. The Morgan fingerprint density at radius 3 is 0.952 bits per heavy atom. The molecule has 0 amide bonds. The Balaban J connectivity index is 4.45. The second-order valence-electron chi connectivity index (χ2n) is 3.35. The second kappa shape index (κ2) is 5.21. The van der Waals surface area contributed by atoms with Crippen LogP contribution in [0.5, 0.6) is 17.2 Å². The first-order valence-electron chi connectivity index (χ1n) is 4.25. The van der Waals surface area contributed by atoms with Crippen LogP contribution in [0.1, 0.15) is 0 Å². The van der Waals surface area contributed by atoms with Crippen molar-refractivity contribution >= 4 is 59.2 Å². The largest absolute Gasteiger partial charge is 0.503 e. The van der Waals surface area contributed by atoms with Gasteiger partial charge in [-0.05, 0) is 0 Å². The number of rotatable bonds is 3. The smallest absolute Gasteiger partial charge is 0.266 e. The number of benzene rings is 1. The molecule has 15 heteroatoms. The normalized spacial score (nSPS) is 13.3. The first-order valence-corrected chi connectivity index (χ1v) is 11.2. The van der Waals surface area contributed by atoms with E-state index in [1.54, 1.807) is 0 Å². The highest BCUT2D eigenvalue weighted by Crippen LogP contribution is 2.51. The zero-order valence-corrected chi connectivity index (χ0v) is 13.9. The van der Waals surface area contributed by atoms with E-state index in [0.717, 1.165) is 0 Å². The Hall–Kier alpha value is -0.660. The quantitative estimate of drug-likeness (QED) is 0.468. The SMILES string of the molecule is O=S(=O)(Cl)c1c(O)c(O)c(O)c(S(=O)(=O)Cl)c1S(=O)(=O)Cl. The van der Waals surface area contributed by atoms with E-state index in [2.05, 4.69) is 0 Å². The minimum atomic E-state index is -5.18. The van der Waals surface area contributed by atoms with Gasteiger partial charge in [0.25, 0.3) is 27.2 Å². The molecule has 3 N–H and O–H groups in total. The molecule has 0 atom stereocenters. The number of hydrogen-bond acceptors (Lipinski definition) is 9. The van der Waals surface area contributed by atoms with Crippen LogP contribution in [0.15, 0.2) is 14.7 Å². The number of halogens is 3. The van der Waals surface area contributed by atoms with E-state index in [1.807, 2.05) is 0 Å². The molecular formula is C6H3Cl3O9S3. The summed E-state index contributed by atoms with van der Waals surface area (Å²) < 4.78 is 68.1. The summed E-state index contributed by atoms with van der Waals surface area (Å²) in [4.78, 5) is -5.27. The van der Waals surface area contributed by atoms with Gasteiger partial charge in [-0.25, -0.2) is 25.3 Å². The Morgan fingerprint density at radius 2 is 0.762 bits per heavy atom. The van der Waals surface area contributed by atoms with Gasteiger partial charge in [0.15, 0.2) is 11.5 Å². The number of aromatic hydroxyl groups is 3. The standard InChI is InChI=1S/C6H3Cl3O9S3/c7-19(13,14)4-2(11)1(10)3(12)5(20(8,15)16)6(4)21(9,17)18/h10-12H. The van der Waals surface area contributed by atoms with Gasteiger partial charge in [-0.3, -0.25) is 0 Å². The van der Waals surface area contributed by atoms with E-state index >= 15 is 0 Å². The van der Waals surface area contributed by atoms with Crippen LogP contribution in [0.3, 0.4) is 0 Å². The van der Waals surface area contributed by atoms with Crippen molar-refractivity contribution in [3.05, 3.63) is 0 Å². The third-order valence-corrected chi connectivity index (χ3v) is 6.34. The summed E-state index contributed by atoms with van der Waals surface area (Å²) in [5, 5.41) is 28.1. The molecule has 0 saturated carbocycles. The molecule has 0 heterocycles. The van der Waals surface area contributed by atoms with E-state index in [-0.39, 0.29) is 0 Å². The van der Waals surface area contributed by atoms with Gasteiger partial charge in [0.2, 0.25) is 5.75 Å². The van der Waals surface area contributed by atoms with Gasteiger partial charge in [0.1, 0.15) is 14.7 Å². The van der Waals surface area contributed by atoms with Crippen molar-refractivity contribution in [1.29, 1.82) is 0 Å². The van der Waals surface area contributed by atoms with Crippen molar-refractivity contribution in [2.75, 3.05) is 0 Å². The van der Waals surface area contributed by atoms with Gasteiger partial charge in [-0.15, -0.1) is 0 Å². The van der Waals surface area contributed by atoms with Gasteiger partial charge in [-0.1, -0.05) is 0 Å². The van der Waals surface area contributed by atoms with Gasteiger partial charge in [0.05, 0.1) is 0 Å². The fourth-order valence-corrected chi connectivity index (χ4v) is 6.55. The van der Waals surface area contributed by atoms with E-state index in [9.17, 15) is 40.6 Å².